The first-order valence-corrected chi connectivity index (χ1v) is 10.7. The molecular formula is C20H27N5O2S. The molecule has 0 radical (unpaired) electrons. The number of rotatable bonds is 8. The highest BCUT2D eigenvalue weighted by Gasteiger charge is 2.17. The molecule has 7 nitrogen and oxygen atoms in total. The molecule has 0 atom stereocenters. The van der Waals surface area contributed by atoms with Crippen molar-refractivity contribution in [3.8, 4) is 0 Å². The number of nitrogens with one attached hydrogen (secondary N) is 3. The van der Waals surface area contributed by atoms with Crippen molar-refractivity contribution in [1.29, 1.82) is 0 Å². The van der Waals surface area contributed by atoms with E-state index in [9.17, 15) is 9.59 Å². The third-order valence-corrected chi connectivity index (χ3v) is 5.84. The van der Waals surface area contributed by atoms with Crippen LogP contribution in [0, 0.1) is 19.8 Å². The summed E-state index contributed by atoms with van der Waals surface area (Å²) in [5, 5.41) is 13.2. The Morgan fingerprint density at radius 1 is 1.18 bits per heavy atom. The number of para-hydroxylation sites is 1. The van der Waals surface area contributed by atoms with E-state index in [4.69, 9.17) is 0 Å². The summed E-state index contributed by atoms with van der Waals surface area (Å²) >= 11 is 1.27. The second-order valence-electron chi connectivity index (χ2n) is 7.30. The largest absolute Gasteiger partial charge is 0.346 e. The fourth-order valence-corrected chi connectivity index (χ4v) is 4.12. The molecular weight excluding hydrogens is 374 g/mol. The van der Waals surface area contributed by atoms with Crippen LogP contribution in [0.3, 0.4) is 0 Å². The highest BCUT2D eigenvalue weighted by molar-refractivity contribution is 7.99. The number of hydrogen-bond donors (Lipinski definition) is 3. The van der Waals surface area contributed by atoms with Crippen molar-refractivity contribution in [2.75, 3.05) is 17.6 Å². The average Bonchev–Trinajstić information content (AvgIpc) is 3.34. The standard InChI is InChI=1S/C20H27N5O2S/c1-13-6-5-7-14(2)19(13)23-17(26)11-21-18(27)12-28-20-22-16(24-25-20)10-15-8-3-4-9-15/h5-7,15H,3-4,8-12H2,1-2H3,(H,21,27)(H,23,26)(H,22,24,25). The van der Waals surface area contributed by atoms with Gasteiger partial charge in [0.2, 0.25) is 17.0 Å². The van der Waals surface area contributed by atoms with Gasteiger partial charge in [0.25, 0.3) is 0 Å². The van der Waals surface area contributed by atoms with Gasteiger partial charge in [-0.3, -0.25) is 14.7 Å². The lowest BCUT2D eigenvalue weighted by atomic mass is 10.0. The smallest absolute Gasteiger partial charge is 0.243 e. The number of H-pyrrole nitrogens is 1. The van der Waals surface area contributed by atoms with Gasteiger partial charge in [0.05, 0.1) is 12.3 Å². The summed E-state index contributed by atoms with van der Waals surface area (Å²) in [6, 6.07) is 5.83. The van der Waals surface area contributed by atoms with E-state index in [0.717, 1.165) is 29.1 Å². The summed E-state index contributed by atoms with van der Waals surface area (Å²) < 4.78 is 0. The van der Waals surface area contributed by atoms with E-state index >= 15 is 0 Å². The van der Waals surface area contributed by atoms with E-state index < -0.39 is 0 Å². The Hall–Kier alpha value is -2.35. The van der Waals surface area contributed by atoms with Gasteiger partial charge >= 0.3 is 0 Å². The maximum atomic E-state index is 12.1. The van der Waals surface area contributed by atoms with Gasteiger partial charge in [-0.25, -0.2) is 4.98 Å². The second-order valence-corrected chi connectivity index (χ2v) is 8.24. The van der Waals surface area contributed by atoms with Crippen LogP contribution in [0.25, 0.3) is 0 Å². The molecule has 1 aromatic carbocycles. The van der Waals surface area contributed by atoms with Crippen molar-refractivity contribution in [2.45, 2.75) is 51.1 Å². The number of hydrogen-bond acceptors (Lipinski definition) is 5. The normalized spacial score (nSPS) is 14.2. The van der Waals surface area contributed by atoms with Gasteiger partial charge in [0.1, 0.15) is 5.82 Å². The summed E-state index contributed by atoms with van der Waals surface area (Å²) in [7, 11) is 0. The van der Waals surface area contributed by atoms with Gasteiger partial charge in [0.15, 0.2) is 0 Å². The van der Waals surface area contributed by atoms with Crippen molar-refractivity contribution in [3.63, 3.8) is 0 Å². The minimum Gasteiger partial charge on any atom is -0.346 e. The van der Waals surface area contributed by atoms with Gasteiger partial charge in [-0.1, -0.05) is 55.6 Å². The highest BCUT2D eigenvalue weighted by atomic mass is 32.2. The van der Waals surface area contributed by atoms with Crippen LogP contribution in [0.1, 0.15) is 42.6 Å². The maximum Gasteiger partial charge on any atom is 0.243 e. The molecule has 1 aliphatic rings. The molecule has 1 fully saturated rings. The lowest BCUT2D eigenvalue weighted by molar-refractivity contribution is -0.122. The fourth-order valence-electron chi connectivity index (χ4n) is 3.48. The SMILES string of the molecule is Cc1cccc(C)c1NC(=O)CNC(=O)CSc1n[nH]c(CC2CCCC2)n1. The number of thioether (sulfide) groups is 1. The molecule has 1 saturated carbocycles. The summed E-state index contributed by atoms with van der Waals surface area (Å²) in [6.45, 7) is 3.82. The number of aryl methyl sites for hydroxylation is 2. The first kappa shape index (κ1) is 20.4. The van der Waals surface area contributed by atoms with E-state index in [1.165, 1.54) is 37.4 Å². The van der Waals surface area contributed by atoms with Crippen molar-refractivity contribution in [3.05, 3.63) is 35.2 Å². The minimum atomic E-state index is -0.243. The summed E-state index contributed by atoms with van der Waals surface area (Å²) in [5.41, 5.74) is 2.79. The molecule has 1 heterocycles. The monoisotopic (exact) mass is 401 g/mol. The highest BCUT2D eigenvalue weighted by Crippen LogP contribution is 2.27. The van der Waals surface area contributed by atoms with Crippen molar-refractivity contribution < 1.29 is 9.59 Å². The molecule has 0 saturated heterocycles. The number of amides is 2. The Labute approximate surface area is 169 Å². The number of nitrogens with zero attached hydrogens (tertiary/aromatic N) is 2. The quantitative estimate of drug-likeness (QED) is 0.591. The molecule has 28 heavy (non-hydrogen) atoms. The number of aromatic nitrogens is 3. The van der Waals surface area contributed by atoms with E-state index in [-0.39, 0.29) is 24.1 Å². The minimum absolute atomic E-state index is 0.0614. The Kier molecular flexibility index (Phi) is 7.08. The number of aromatic amines is 1. The predicted octanol–water partition coefficient (Wildman–Crippen LogP) is 3.00. The Morgan fingerprint density at radius 3 is 2.61 bits per heavy atom. The molecule has 2 aromatic rings. The molecule has 3 rings (SSSR count). The zero-order valence-corrected chi connectivity index (χ0v) is 17.2. The van der Waals surface area contributed by atoms with Gasteiger partial charge in [0, 0.05) is 12.1 Å². The van der Waals surface area contributed by atoms with Crippen LogP contribution in [-0.4, -0.2) is 39.3 Å². The molecule has 0 aliphatic heterocycles. The number of carbonyl (C=O) groups excluding carboxylic acids is 2. The Morgan fingerprint density at radius 2 is 1.89 bits per heavy atom. The summed E-state index contributed by atoms with van der Waals surface area (Å²) in [4.78, 5) is 28.6. The van der Waals surface area contributed by atoms with E-state index in [2.05, 4.69) is 25.8 Å². The number of carbonyl (C=O) groups is 2. The molecule has 150 valence electrons. The summed E-state index contributed by atoms with van der Waals surface area (Å²) in [5.74, 6) is 1.31. The van der Waals surface area contributed by atoms with Crippen LogP contribution in [0.2, 0.25) is 0 Å². The summed E-state index contributed by atoms with van der Waals surface area (Å²) in [6.07, 6.45) is 6.05. The zero-order valence-electron chi connectivity index (χ0n) is 16.4. The molecule has 8 heteroatoms. The van der Waals surface area contributed by atoms with Crippen molar-refractivity contribution >= 4 is 29.3 Å². The molecule has 0 spiro atoms. The van der Waals surface area contributed by atoms with Gasteiger partial charge in [-0.2, -0.15) is 0 Å². The average molecular weight is 402 g/mol. The van der Waals surface area contributed by atoms with Gasteiger partial charge in [-0.05, 0) is 30.9 Å². The van der Waals surface area contributed by atoms with Crippen molar-refractivity contribution in [2.24, 2.45) is 5.92 Å². The van der Waals surface area contributed by atoms with Crippen LogP contribution in [0.4, 0.5) is 5.69 Å². The number of benzene rings is 1. The van der Waals surface area contributed by atoms with Crippen LogP contribution in [0.15, 0.2) is 23.4 Å². The predicted molar refractivity (Wildman–Crippen MR) is 110 cm³/mol. The third-order valence-electron chi connectivity index (χ3n) is 4.99. The van der Waals surface area contributed by atoms with E-state index in [1.54, 1.807) is 0 Å². The molecule has 1 aliphatic carbocycles. The lowest BCUT2D eigenvalue weighted by Gasteiger charge is -2.11. The fraction of sp³-hybridized carbons (Fsp3) is 0.500. The molecule has 1 aromatic heterocycles. The lowest BCUT2D eigenvalue weighted by Crippen LogP contribution is -2.34. The molecule has 2 amide bonds. The first-order valence-electron chi connectivity index (χ1n) is 9.68. The Balaban J connectivity index is 1.38. The van der Waals surface area contributed by atoms with E-state index in [0.29, 0.717) is 11.1 Å². The van der Waals surface area contributed by atoms with Gasteiger partial charge in [-0.15, -0.1) is 5.10 Å². The third kappa shape index (κ3) is 5.82. The van der Waals surface area contributed by atoms with Crippen LogP contribution in [-0.2, 0) is 16.0 Å². The van der Waals surface area contributed by atoms with Crippen LogP contribution < -0.4 is 10.6 Å². The topological polar surface area (TPSA) is 99.8 Å². The second kappa shape index (κ2) is 9.73. The number of anilines is 1. The maximum absolute atomic E-state index is 12.1. The Bertz CT molecular complexity index is 810. The van der Waals surface area contributed by atoms with Crippen LogP contribution in [0.5, 0.6) is 0 Å². The molecule has 3 N–H and O–H groups in total. The molecule has 0 bridgehead atoms. The van der Waals surface area contributed by atoms with Gasteiger partial charge < -0.3 is 10.6 Å². The zero-order chi connectivity index (χ0) is 19.9. The van der Waals surface area contributed by atoms with E-state index in [1.807, 2.05) is 32.0 Å². The first-order chi connectivity index (χ1) is 13.5. The van der Waals surface area contributed by atoms with Crippen LogP contribution >= 0.6 is 11.8 Å². The molecule has 0 unspecified atom stereocenters. The van der Waals surface area contributed by atoms with Crippen molar-refractivity contribution in [1.82, 2.24) is 20.5 Å².